The van der Waals surface area contributed by atoms with E-state index in [1.807, 2.05) is 30.3 Å². The first-order valence-electron chi connectivity index (χ1n) is 4.54. The molecule has 0 radical (unpaired) electrons. The smallest absolute Gasteiger partial charge is 0.0824 e. The van der Waals surface area contributed by atoms with Gasteiger partial charge in [-0.25, -0.2) is 0 Å². The lowest BCUT2D eigenvalue weighted by Gasteiger charge is -2.25. The van der Waals surface area contributed by atoms with Crippen molar-refractivity contribution < 1.29 is 5.11 Å². The number of aliphatic hydroxyl groups excluding tert-OH is 1. The van der Waals surface area contributed by atoms with E-state index in [4.69, 9.17) is 6.42 Å². The van der Waals surface area contributed by atoms with Crippen molar-refractivity contribution in [2.24, 2.45) is 0 Å². The molecule has 0 amide bonds. The minimum Gasteiger partial charge on any atom is -0.394 e. The van der Waals surface area contributed by atoms with Crippen LogP contribution in [-0.4, -0.2) is 11.7 Å². The number of rotatable bonds is 4. The Kier molecular flexibility index (Phi) is 3.50. The molecule has 0 bridgehead atoms. The van der Waals surface area contributed by atoms with E-state index in [-0.39, 0.29) is 6.61 Å². The second kappa shape index (κ2) is 4.64. The molecule has 0 heterocycles. The lowest BCUT2D eigenvalue weighted by Crippen LogP contribution is -2.27. The summed E-state index contributed by atoms with van der Waals surface area (Å²) < 4.78 is 0. The summed E-state index contributed by atoms with van der Waals surface area (Å²) >= 11 is 0. The van der Waals surface area contributed by atoms with E-state index in [1.165, 1.54) is 0 Å². The number of allylic oxidation sites excluding steroid dienone is 1. The van der Waals surface area contributed by atoms with Crippen molar-refractivity contribution >= 4 is 0 Å². The highest BCUT2D eigenvalue weighted by Gasteiger charge is 2.27. The standard InChI is InChI=1S/C13H14O/c1-3-10-13(4-2,11-14)12-8-6-5-7-9-12/h2-3,5-9,14H,1,10-11H2. The second-order valence-electron chi connectivity index (χ2n) is 3.24. The van der Waals surface area contributed by atoms with E-state index in [0.29, 0.717) is 6.42 Å². The zero-order valence-corrected chi connectivity index (χ0v) is 8.11. The Morgan fingerprint density at radius 3 is 2.50 bits per heavy atom. The predicted octanol–water partition coefficient (Wildman–Crippen LogP) is 2.13. The molecule has 1 aromatic rings. The summed E-state index contributed by atoms with van der Waals surface area (Å²) in [5.74, 6) is 2.66. The van der Waals surface area contributed by atoms with Crippen LogP contribution in [0.2, 0.25) is 0 Å². The second-order valence-corrected chi connectivity index (χ2v) is 3.24. The third-order valence-electron chi connectivity index (χ3n) is 2.37. The third kappa shape index (κ3) is 1.86. The van der Waals surface area contributed by atoms with Crippen LogP contribution in [0.1, 0.15) is 12.0 Å². The highest BCUT2D eigenvalue weighted by Crippen LogP contribution is 2.26. The van der Waals surface area contributed by atoms with E-state index >= 15 is 0 Å². The van der Waals surface area contributed by atoms with Gasteiger partial charge in [-0.1, -0.05) is 42.3 Å². The summed E-state index contributed by atoms with van der Waals surface area (Å²) in [6.07, 6.45) is 7.81. The maximum absolute atomic E-state index is 9.37. The van der Waals surface area contributed by atoms with Crippen molar-refractivity contribution in [2.45, 2.75) is 11.8 Å². The lowest BCUT2D eigenvalue weighted by atomic mass is 9.79. The molecule has 0 saturated carbocycles. The first kappa shape index (κ1) is 10.6. The van der Waals surface area contributed by atoms with Gasteiger partial charge in [-0.05, 0) is 12.0 Å². The number of hydrogen-bond donors (Lipinski definition) is 1. The van der Waals surface area contributed by atoms with Gasteiger partial charge in [-0.3, -0.25) is 0 Å². The van der Waals surface area contributed by atoms with Crippen LogP contribution in [0.25, 0.3) is 0 Å². The van der Waals surface area contributed by atoms with Crippen LogP contribution in [0.5, 0.6) is 0 Å². The monoisotopic (exact) mass is 186 g/mol. The molecule has 1 nitrogen and oxygen atoms in total. The molecule has 0 aliphatic rings. The Balaban J connectivity index is 3.12. The molecule has 14 heavy (non-hydrogen) atoms. The summed E-state index contributed by atoms with van der Waals surface area (Å²) in [5.41, 5.74) is 0.355. The summed E-state index contributed by atoms with van der Waals surface area (Å²) in [6, 6.07) is 9.62. The third-order valence-corrected chi connectivity index (χ3v) is 2.37. The molecule has 1 atom stereocenters. The molecule has 0 aliphatic heterocycles. The quantitative estimate of drug-likeness (QED) is 0.564. The Bertz CT molecular complexity index is 334. The Labute approximate surface area is 85.1 Å². The van der Waals surface area contributed by atoms with Crippen molar-refractivity contribution in [2.75, 3.05) is 6.61 Å². The summed E-state index contributed by atoms with van der Waals surface area (Å²) in [6.45, 7) is 3.60. The molecule has 1 unspecified atom stereocenters. The minimum atomic E-state index is -0.608. The zero-order chi connectivity index (χ0) is 10.4. The summed E-state index contributed by atoms with van der Waals surface area (Å²) in [4.78, 5) is 0. The predicted molar refractivity (Wildman–Crippen MR) is 58.9 cm³/mol. The fraction of sp³-hybridized carbons (Fsp3) is 0.231. The van der Waals surface area contributed by atoms with Crippen molar-refractivity contribution in [3.05, 3.63) is 48.6 Å². The van der Waals surface area contributed by atoms with E-state index in [1.54, 1.807) is 6.08 Å². The van der Waals surface area contributed by atoms with Gasteiger partial charge in [0.2, 0.25) is 0 Å². The Hall–Kier alpha value is -1.52. The number of benzene rings is 1. The van der Waals surface area contributed by atoms with Crippen molar-refractivity contribution in [3.8, 4) is 12.3 Å². The van der Waals surface area contributed by atoms with Crippen LogP contribution in [0.15, 0.2) is 43.0 Å². The minimum absolute atomic E-state index is 0.0560. The Morgan fingerprint density at radius 2 is 2.07 bits per heavy atom. The average molecular weight is 186 g/mol. The SMILES string of the molecule is C#CC(CO)(CC=C)c1ccccc1. The van der Waals surface area contributed by atoms with Crippen molar-refractivity contribution in [3.63, 3.8) is 0 Å². The molecule has 0 saturated heterocycles. The lowest BCUT2D eigenvalue weighted by molar-refractivity contribution is 0.231. The molecule has 0 fully saturated rings. The van der Waals surface area contributed by atoms with Gasteiger partial charge in [0.15, 0.2) is 0 Å². The average Bonchev–Trinajstić information content (AvgIpc) is 2.27. The van der Waals surface area contributed by atoms with Gasteiger partial charge in [-0.2, -0.15) is 0 Å². The normalized spacial score (nSPS) is 14.0. The number of hydrogen-bond acceptors (Lipinski definition) is 1. The molecule has 1 N–H and O–H groups in total. The first-order chi connectivity index (χ1) is 6.79. The maximum atomic E-state index is 9.37. The van der Waals surface area contributed by atoms with Gasteiger partial charge in [0.1, 0.15) is 0 Å². The van der Waals surface area contributed by atoms with Crippen LogP contribution in [-0.2, 0) is 5.41 Å². The topological polar surface area (TPSA) is 20.2 Å². The van der Waals surface area contributed by atoms with Crippen LogP contribution in [0, 0.1) is 12.3 Å². The molecule has 1 aromatic carbocycles. The number of terminal acetylenes is 1. The highest BCUT2D eigenvalue weighted by atomic mass is 16.3. The molecule has 0 aromatic heterocycles. The molecule has 1 rings (SSSR count). The summed E-state index contributed by atoms with van der Waals surface area (Å²) in [5, 5.41) is 9.37. The van der Waals surface area contributed by atoms with Gasteiger partial charge >= 0.3 is 0 Å². The number of aliphatic hydroxyl groups is 1. The van der Waals surface area contributed by atoms with Crippen molar-refractivity contribution in [1.29, 1.82) is 0 Å². The van der Waals surface area contributed by atoms with Crippen molar-refractivity contribution in [1.82, 2.24) is 0 Å². The zero-order valence-electron chi connectivity index (χ0n) is 8.11. The molecule has 72 valence electrons. The summed E-state index contributed by atoms with van der Waals surface area (Å²) in [7, 11) is 0. The van der Waals surface area contributed by atoms with E-state index in [0.717, 1.165) is 5.56 Å². The van der Waals surface area contributed by atoms with Crippen LogP contribution < -0.4 is 0 Å². The van der Waals surface area contributed by atoms with Gasteiger partial charge in [0.25, 0.3) is 0 Å². The van der Waals surface area contributed by atoms with Crippen LogP contribution in [0.4, 0.5) is 0 Å². The largest absolute Gasteiger partial charge is 0.394 e. The Morgan fingerprint density at radius 1 is 1.43 bits per heavy atom. The van der Waals surface area contributed by atoms with E-state index < -0.39 is 5.41 Å². The first-order valence-corrected chi connectivity index (χ1v) is 4.54. The van der Waals surface area contributed by atoms with Gasteiger partial charge in [-0.15, -0.1) is 13.0 Å². The highest BCUT2D eigenvalue weighted by molar-refractivity contribution is 5.35. The molecule has 1 heteroatoms. The van der Waals surface area contributed by atoms with Gasteiger partial charge in [0, 0.05) is 0 Å². The fourth-order valence-electron chi connectivity index (χ4n) is 1.47. The molecule has 0 aliphatic carbocycles. The van der Waals surface area contributed by atoms with E-state index in [9.17, 15) is 5.11 Å². The molecular weight excluding hydrogens is 172 g/mol. The molecular formula is C13H14O. The fourth-order valence-corrected chi connectivity index (χ4v) is 1.47. The maximum Gasteiger partial charge on any atom is 0.0824 e. The van der Waals surface area contributed by atoms with E-state index in [2.05, 4.69) is 12.5 Å². The molecule has 0 spiro atoms. The van der Waals surface area contributed by atoms with Gasteiger partial charge in [0.05, 0.1) is 12.0 Å². The van der Waals surface area contributed by atoms with Gasteiger partial charge < -0.3 is 5.11 Å². The van der Waals surface area contributed by atoms with Crippen LogP contribution in [0.3, 0.4) is 0 Å². The van der Waals surface area contributed by atoms with Crippen LogP contribution >= 0.6 is 0 Å².